The summed E-state index contributed by atoms with van der Waals surface area (Å²) in [5.41, 5.74) is 2.05. The Morgan fingerprint density at radius 3 is 2.64 bits per heavy atom. The van der Waals surface area contributed by atoms with Crippen LogP contribution in [0.4, 0.5) is 11.6 Å². The number of nitrogens with two attached hydrogens (primary N) is 1. The number of hydrogen-bond acceptors (Lipinski definition) is 7. The lowest BCUT2D eigenvalue weighted by molar-refractivity contribution is 0.249. The third kappa shape index (κ3) is 4.60. The van der Waals surface area contributed by atoms with Gasteiger partial charge in [0.25, 0.3) is 0 Å². The second kappa shape index (κ2) is 8.02. The van der Waals surface area contributed by atoms with Crippen molar-refractivity contribution in [3.8, 4) is 0 Å². The summed E-state index contributed by atoms with van der Waals surface area (Å²) in [5.74, 6) is 2.31. The minimum Gasteiger partial charge on any atom is -0.394 e. The Hall–Kier alpha value is -2.23. The molecule has 0 fully saturated rings. The zero-order valence-electron chi connectivity index (χ0n) is 16.4. The molecule has 1 aromatic carbocycles. The number of aryl methyl sites for hydroxylation is 1. The number of rotatable bonds is 6. The molecule has 152 valence electrons. The van der Waals surface area contributed by atoms with Gasteiger partial charge in [0.1, 0.15) is 17.5 Å². The van der Waals surface area contributed by atoms with Crippen molar-refractivity contribution in [2.24, 2.45) is 11.1 Å². The average molecular weight is 406 g/mol. The summed E-state index contributed by atoms with van der Waals surface area (Å²) in [7, 11) is -3.73. The molecule has 0 saturated heterocycles. The van der Waals surface area contributed by atoms with Crippen LogP contribution in [0.2, 0.25) is 0 Å². The van der Waals surface area contributed by atoms with E-state index in [-0.39, 0.29) is 23.5 Å². The van der Waals surface area contributed by atoms with E-state index >= 15 is 0 Å². The van der Waals surface area contributed by atoms with E-state index in [1.807, 2.05) is 32.9 Å². The van der Waals surface area contributed by atoms with Crippen LogP contribution in [-0.2, 0) is 23.0 Å². The Morgan fingerprint density at radius 2 is 2.00 bits per heavy atom. The Bertz CT molecular complexity index is 962. The monoisotopic (exact) mass is 405 g/mol. The number of fused-ring (bicyclic) bond motifs is 1. The number of aliphatic hydroxyl groups excluding tert-OH is 1. The first-order valence-electron chi connectivity index (χ1n) is 9.30. The molecule has 1 atom stereocenters. The fraction of sp³-hybridized carbons (Fsp3) is 0.474. The van der Waals surface area contributed by atoms with Gasteiger partial charge in [0.05, 0.1) is 17.5 Å². The highest BCUT2D eigenvalue weighted by Gasteiger charge is 2.21. The molecule has 0 aliphatic carbocycles. The third-order valence-electron chi connectivity index (χ3n) is 5.00. The SMILES string of the molecule is Cc1nc(N[C@H](CO)C(C)C)cc(N2CCc3ccc(S(N)(=O)=O)cc3C2)n1. The van der Waals surface area contributed by atoms with Crippen molar-refractivity contribution in [3.05, 3.63) is 41.2 Å². The summed E-state index contributed by atoms with van der Waals surface area (Å²) >= 11 is 0. The van der Waals surface area contributed by atoms with Crippen LogP contribution >= 0.6 is 0 Å². The highest BCUT2D eigenvalue weighted by Crippen LogP contribution is 2.26. The van der Waals surface area contributed by atoms with Crippen LogP contribution in [0, 0.1) is 12.8 Å². The van der Waals surface area contributed by atoms with E-state index in [1.165, 1.54) is 0 Å². The summed E-state index contributed by atoms with van der Waals surface area (Å²) in [6, 6.07) is 6.80. The van der Waals surface area contributed by atoms with Gasteiger partial charge in [0.15, 0.2) is 0 Å². The summed E-state index contributed by atoms with van der Waals surface area (Å²) in [6.45, 7) is 7.23. The van der Waals surface area contributed by atoms with Gasteiger partial charge >= 0.3 is 0 Å². The predicted molar refractivity (Wildman–Crippen MR) is 109 cm³/mol. The fourth-order valence-electron chi connectivity index (χ4n) is 3.31. The zero-order chi connectivity index (χ0) is 20.5. The maximum Gasteiger partial charge on any atom is 0.238 e. The maximum atomic E-state index is 11.7. The molecule has 3 rings (SSSR count). The van der Waals surface area contributed by atoms with Crippen LogP contribution in [0.15, 0.2) is 29.2 Å². The van der Waals surface area contributed by atoms with Crippen molar-refractivity contribution in [1.82, 2.24) is 9.97 Å². The van der Waals surface area contributed by atoms with Crippen molar-refractivity contribution in [2.45, 2.75) is 44.7 Å². The van der Waals surface area contributed by atoms with Gasteiger partial charge < -0.3 is 15.3 Å². The van der Waals surface area contributed by atoms with Crippen LogP contribution in [0.1, 0.15) is 30.8 Å². The molecule has 8 nitrogen and oxygen atoms in total. The van der Waals surface area contributed by atoms with E-state index in [1.54, 1.807) is 12.1 Å². The van der Waals surface area contributed by atoms with Crippen LogP contribution in [0.25, 0.3) is 0 Å². The first kappa shape index (κ1) is 20.5. The normalized spacial score (nSPS) is 15.4. The van der Waals surface area contributed by atoms with Crippen molar-refractivity contribution >= 4 is 21.7 Å². The molecular formula is C19H27N5O3S. The van der Waals surface area contributed by atoms with Crippen molar-refractivity contribution in [1.29, 1.82) is 0 Å². The molecule has 4 N–H and O–H groups in total. The molecule has 0 bridgehead atoms. The minimum atomic E-state index is -3.73. The number of sulfonamides is 1. The number of nitrogens with one attached hydrogen (secondary N) is 1. The molecule has 0 radical (unpaired) electrons. The maximum absolute atomic E-state index is 11.7. The van der Waals surface area contributed by atoms with Gasteiger partial charge in [-0.3, -0.25) is 0 Å². The topological polar surface area (TPSA) is 121 Å². The van der Waals surface area contributed by atoms with Gasteiger partial charge in [-0.25, -0.2) is 23.5 Å². The van der Waals surface area contributed by atoms with Gasteiger partial charge in [0.2, 0.25) is 10.0 Å². The van der Waals surface area contributed by atoms with Crippen molar-refractivity contribution < 1.29 is 13.5 Å². The number of aliphatic hydroxyl groups is 1. The lowest BCUT2D eigenvalue weighted by atomic mass is 10.00. The Morgan fingerprint density at radius 1 is 1.25 bits per heavy atom. The number of primary sulfonamides is 1. The van der Waals surface area contributed by atoms with Gasteiger partial charge in [-0.2, -0.15) is 0 Å². The Kier molecular flexibility index (Phi) is 5.87. The highest BCUT2D eigenvalue weighted by molar-refractivity contribution is 7.89. The van der Waals surface area contributed by atoms with Crippen LogP contribution in [-0.4, -0.2) is 42.7 Å². The fourth-order valence-corrected chi connectivity index (χ4v) is 3.87. The Labute approximate surface area is 165 Å². The predicted octanol–water partition coefficient (Wildman–Crippen LogP) is 1.42. The molecule has 1 aliphatic rings. The molecule has 2 aromatic rings. The molecular weight excluding hydrogens is 378 g/mol. The molecule has 9 heteroatoms. The summed E-state index contributed by atoms with van der Waals surface area (Å²) in [4.78, 5) is 11.2. The summed E-state index contributed by atoms with van der Waals surface area (Å²) in [5, 5.41) is 18.1. The molecule has 0 saturated carbocycles. The Balaban J connectivity index is 1.87. The first-order chi connectivity index (χ1) is 13.2. The van der Waals surface area contributed by atoms with E-state index in [4.69, 9.17) is 5.14 Å². The molecule has 0 spiro atoms. The molecule has 1 aliphatic heterocycles. The van der Waals surface area contributed by atoms with Crippen molar-refractivity contribution in [3.63, 3.8) is 0 Å². The van der Waals surface area contributed by atoms with Gasteiger partial charge in [-0.1, -0.05) is 19.9 Å². The van der Waals surface area contributed by atoms with E-state index in [2.05, 4.69) is 20.2 Å². The summed E-state index contributed by atoms with van der Waals surface area (Å²) in [6.07, 6.45) is 0.789. The standard InChI is InChI=1S/C19H27N5O3S/c1-12(2)17(11-25)23-18-9-19(22-13(3)21-18)24-7-6-14-4-5-16(28(20,26)27)8-15(14)10-24/h4-5,8-9,12,17,25H,6-7,10-11H2,1-3H3,(H2,20,26,27)(H,21,22,23)/t17-/m1/s1. The quantitative estimate of drug-likeness (QED) is 0.664. The number of hydrogen-bond donors (Lipinski definition) is 3. The third-order valence-corrected chi connectivity index (χ3v) is 5.91. The minimum absolute atomic E-state index is 0.0173. The van der Waals surface area contributed by atoms with Gasteiger partial charge in [0, 0.05) is 19.2 Å². The number of anilines is 2. The zero-order valence-corrected chi connectivity index (χ0v) is 17.2. The van der Waals surface area contributed by atoms with Crippen LogP contribution in [0.5, 0.6) is 0 Å². The highest BCUT2D eigenvalue weighted by atomic mass is 32.2. The molecule has 0 unspecified atom stereocenters. The van der Waals surface area contributed by atoms with E-state index < -0.39 is 10.0 Å². The molecule has 0 amide bonds. The first-order valence-corrected chi connectivity index (χ1v) is 10.8. The number of benzene rings is 1. The van der Waals surface area contributed by atoms with Gasteiger partial charge in [-0.05, 0) is 42.5 Å². The number of nitrogens with zero attached hydrogens (tertiary/aromatic N) is 3. The number of aromatic nitrogens is 2. The largest absolute Gasteiger partial charge is 0.394 e. The molecule has 28 heavy (non-hydrogen) atoms. The lowest BCUT2D eigenvalue weighted by Gasteiger charge is -2.30. The molecule has 2 heterocycles. The summed E-state index contributed by atoms with van der Waals surface area (Å²) < 4.78 is 23.3. The van der Waals surface area contributed by atoms with E-state index in [0.717, 1.165) is 29.9 Å². The van der Waals surface area contributed by atoms with Gasteiger partial charge in [-0.15, -0.1) is 0 Å². The average Bonchev–Trinajstić information content (AvgIpc) is 2.63. The smallest absolute Gasteiger partial charge is 0.238 e. The van der Waals surface area contributed by atoms with Crippen LogP contribution < -0.4 is 15.4 Å². The molecule has 1 aromatic heterocycles. The second-order valence-electron chi connectivity index (χ2n) is 7.48. The van der Waals surface area contributed by atoms with E-state index in [0.29, 0.717) is 18.2 Å². The second-order valence-corrected chi connectivity index (χ2v) is 9.04. The van der Waals surface area contributed by atoms with Crippen molar-refractivity contribution in [2.75, 3.05) is 23.4 Å². The van der Waals surface area contributed by atoms with E-state index in [9.17, 15) is 13.5 Å². The lowest BCUT2D eigenvalue weighted by Crippen LogP contribution is -2.32. The van der Waals surface area contributed by atoms with Crippen LogP contribution in [0.3, 0.4) is 0 Å².